The summed E-state index contributed by atoms with van der Waals surface area (Å²) in [6, 6.07) is 70.5. The third-order valence-electron chi connectivity index (χ3n) is 27.9. The Hall–Kier alpha value is -14.8. The first kappa shape index (κ1) is 89.8. The maximum Gasteiger partial charge on any atom is 0.129 e. The molecule has 0 amide bonds. The average molecular weight is 1840 g/mol. The second-order valence-corrected chi connectivity index (χ2v) is 36.3. The van der Waals surface area contributed by atoms with Crippen LogP contribution in [0.3, 0.4) is 0 Å². The van der Waals surface area contributed by atoms with E-state index < -0.39 is 5.41 Å². The van der Waals surface area contributed by atoms with Crippen LogP contribution in [0.5, 0.6) is 28.7 Å². The predicted molar refractivity (Wildman–Crippen MR) is 538 cm³/mol. The second-order valence-electron chi connectivity index (χ2n) is 36.3. The molecule has 0 aliphatic carbocycles. The molecule has 7 saturated heterocycles. The van der Waals surface area contributed by atoms with Gasteiger partial charge < -0.3 is 57.7 Å². The van der Waals surface area contributed by atoms with Crippen molar-refractivity contribution in [2.45, 2.75) is 148 Å². The fraction of sp³-hybridized carbons (Fsp3) is 0.342. The highest BCUT2D eigenvalue weighted by Gasteiger charge is 2.47. The van der Waals surface area contributed by atoms with Crippen LogP contribution in [0.25, 0.3) is 0 Å². The summed E-state index contributed by atoms with van der Waals surface area (Å²) in [6.07, 6.45) is 24.5. The Labute approximate surface area is 805 Å². The first-order valence-corrected chi connectivity index (χ1v) is 48.8. The van der Waals surface area contributed by atoms with Gasteiger partial charge in [-0.05, 0) is 240 Å². The maximum absolute atomic E-state index is 9.83. The van der Waals surface area contributed by atoms with Gasteiger partial charge in [0, 0.05) is 170 Å². The van der Waals surface area contributed by atoms with Crippen molar-refractivity contribution in [1.82, 2.24) is 44.5 Å². The van der Waals surface area contributed by atoms with E-state index in [4.69, 9.17) is 58.1 Å². The Balaban J connectivity index is 0.000000103. The monoisotopic (exact) mass is 1840 g/mol. The van der Waals surface area contributed by atoms with Crippen LogP contribution in [0.2, 0.25) is 0 Å². The van der Waals surface area contributed by atoms with Gasteiger partial charge in [-0.2, -0.15) is 15.5 Å². The number of morpholine rings is 1. The van der Waals surface area contributed by atoms with E-state index in [1.807, 2.05) is 169 Å². The third kappa shape index (κ3) is 18.9. The van der Waals surface area contributed by atoms with Crippen molar-refractivity contribution in [3.63, 3.8) is 0 Å². The predicted octanol–water partition coefficient (Wildman–Crippen LogP) is 17.5. The van der Waals surface area contributed by atoms with Gasteiger partial charge >= 0.3 is 0 Å². The lowest BCUT2D eigenvalue weighted by molar-refractivity contribution is 0.0989. The molecule has 27 heteroatoms. The van der Waals surface area contributed by atoms with Crippen LogP contribution in [0, 0.1) is 11.3 Å². The number of aromatic nitrogens is 9. The number of anilines is 5. The molecular weight excluding hydrogens is 1730 g/mol. The average Bonchev–Trinajstić information content (AvgIpc) is 1.29. The number of fused-ring (bicyclic) bond motifs is 8. The molecule has 7 aromatic heterocycles. The number of ether oxygens (including phenoxy) is 7. The highest BCUT2D eigenvalue weighted by molar-refractivity contribution is 6.18. The van der Waals surface area contributed by atoms with Crippen molar-refractivity contribution >= 4 is 57.6 Å². The molecule has 12 aliphatic heterocycles. The Morgan fingerprint density at radius 3 is 1.14 bits per heavy atom. The number of aliphatic imine (C=N–C) groups is 5. The number of nitrogens with zero attached hydrogens (tertiary/aromatic N) is 20. The number of hydrogen-bond acceptors (Lipinski definition) is 25. The molecule has 0 N–H and O–H groups in total. The Bertz CT molecular complexity index is 6760. The summed E-state index contributed by atoms with van der Waals surface area (Å²) in [5, 5.41) is 18.6. The van der Waals surface area contributed by atoms with Crippen molar-refractivity contribution in [2.24, 2.45) is 25.0 Å². The molecule has 6 aromatic carbocycles. The van der Waals surface area contributed by atoms with E-state index in [-0.39, 0.29) is 0 Å². The molecule has 700 valence electrons. The molecule has 0 saturated carbocycles. The molecular formula is C111H114N20O7. The summed E-state index contributed by atoms with van der Waals surface area (Å²) in [7, 11) is 0. The number of nitriles is 1. The van der Waals surface area contributed by atoms with Gasteiger partial charge in [-0.25, -0.2) is 24.9 Å². The standard InChI is InChI=1S/C25H22N4O.C23H25N5O.C22H23N5O.C21H23N3O2.C20H21N3O2/c1-2-30-21-9-8-19-14-28-24(22(19)13-21)18-10-11-27-23(12-18)29-16-25(15-26,17-29)20-6-4-3-5-7-20;1-2-29-20-5-4-18-16-25-23(21(18)15-20)17-6-10-24-22(14-17)27-12-7-19(8-13-27)28-11-3-9-26-28;1-2-28-19-5-4-17-14-24-22(20(17)13-19)16-6-9-23-21(12-16)26-11-7-18(15-26)27-10-3-8-25-27;1-2-25-16-4-3-15-13-23-21(17(15)12-16)14-5-8-22-20(11-14)24-9-6-19-18(24)7-10-26-19;1-2-24-16-4-3-14-10-22-20(18(14)9-16)13-5-6-21-19(7-13)23-11-17-8-15(23)12-25-17/h3-13H,2,14,16-17H2,1H3;3-6,9-11,14-15,19H,2,7-8,12-13,16H2,1H3;3-6,8-10,12-13,18H,2,7,11,14-15H2,1H3;3-5,8,11-12,18-19H,2,6-7,9-10,13H2,1H3;3-7,9,15,17H,2,8,10-12H2,1H3/t;;;;15-,17-/m....0/s1. The molecule has 3 unspecified atom stereocenters. The van der Waals surface area contributed by atoms with Crippen molar-refractivity contribution in [1.29, 1.82) is 5.26 Å². The number of piperidine rings is 1. The zero-order chi connectivity index (χ0) is 93.4. The van der Waals surface area contributed by atoms with E-state index in [1.165, 1.54) is 50.1 Å². The summed E-state index contributed by atoms with van der Waals surface area (Å²) in [6.45, 7) is 25.7. The normalized spacial score (nSPS) is 19.5. The van der Waals surface area contributed by atoms with Gasteiger partial charge in [0.15, 0.2) is 0 Å². The summed E-state index contributed by atoms with van der Waals surface area (Å²) in [5.41, 5.74) is 23.3. The highest BCUT2D eigenvalue weighted by Crippen LogP contribution is 2.42. The Kier molecular flexibility index (Phi) is 26.4. The number of pyridine rings is 5. The fourth-order valence-electron chi connectivity index (χ4n) is 21.0. The lowest BCUT2D eigenvalue weighted by atomic mass is 9.75. The molecule has 25 rings (SSSR count). The van der Waals surface area contributed by atoms with Crippen LogP contribution in [0.4, 0.5) is 29.1 Å². The first-order valence-electron chi connectivity index (χ1n) is 48.8. The molecule has 7 fully saturated rings. The summed E-state index contributed by atoms with van der Waals surface area (Å²) in [4.78, 5) is 58.7. The minimum atomic E-state index is -0.469. The number of rotatable bonds is 23. The first-order chi connectivity index (χ1) is 68.0. The molecule has 12 aliphatic rings. The molecule has 2 bridgehead atoms. The minimum Gasteiger partial charge on any atom is -0.494 e. The number of hydrogen-bond donors (Lipinski definition) is 0. The van der Waals surface area contributed by atoms with Gasteiger partial charge in [0.05, 0.1) is 143 Å². The van der Waals surface area contributed by atoms with Crippen LogP contribution in [-0.2, 0) is 47.6 Å². The zero-order valence-corrected chi connectivity index (χ0v) is 78.8. The third-order valence-corrected chi connectivity index (χ3v) is 27.9. The SMILES string of the molecule is CCOc1ccc2c(c1)C(c1ccnc(N3CC(C#N)(c4ccccc4)C3)c1)=NC2.CCOc1ccc2c(c1)C(c1ccnc(N3CCC(n4cccn4)C3)c1)=NC2.CCOc1ccc2c(c1)C(c1ccnc(N3CCC(n4cccn4)CC3)c1)=NC2.CCOc1ccc2c(c1)C(c1ccnc(N3CCC4OCCC43)c1)=NC2.CCOc1ccc2c(c1)C(c1ccnc(N3C[C@@H]4C[C@H]3CO4)c1)=NC2. The van der Waals surface area contributed by atoms with Gasteiger partial charge in [-0.15, -0.1) is 0 Å². The quantitative estimate of drug-likeness (QED) is 0.0576. The minimum absolute atomic E-state index is 0.369. The molecule has 0 spiro atoms. The molecule has 27 nitrogen and oxygen atoms in total. The molecule has 19 heterocycles. The van der Waals surface area contributed by atoms with Crippen LogP contribution in [0.15, 0.2) is 275 Å². The van der Waals surface area contributed by atoms with Crippen molar-refractivity contribution in [2.75, 3.05) is 123 Å². The van der Waals surface area contributed by atoms with Crippen molar-refractivity contribution in [3.05, 3.63) is 339 Å². The smallest absolute Gasteiger partial charge is 0.129 e. The Morgan fingerprint density at radius 1 is 0.362 bits per heavy atom. The van der Waals surface area contributed by atoms with Gasteiger partial charge in [0.25, 0.3) is 0 Å². The highest BCUT2D eigenvalue weighted by atomic mass is 16.5. The Morgan fingerprint density at radius 2 is 0.746 bits per heavy atom. The lowest BCUT2D eigenvalue weighted by Gasteiger charge is -2.46. The van der Waals surface area contributed by atoms with Crippen LogP contribution >= 0.6 is 0 Å². The molecule has 138 heavy (non-hydrogen) atoms. The molecule has 5 atom stereocenters. The van der Waals surface area contributed by atoms with E-state index in [0.717, 1.165) is 243 Å². The number of benzene rings is 6. The maximum atomic E-state index is 9.83. The second kappa shape index (κ2) is 40.7. The van der Waals surface area contributed by atoms with E-state index in [9.17, 15) is 5.26 Å². The molecule has 13 aromatic rings. The lowest BCUT2D eigenvalue weighted by Crippen LogP contribution is -2.59. The summed E-state index contributed by atoms with van der Waals surface area (Å²) < 4.78 is 44.1. The summed E-state index contributed by atoms with van der Waals surface area (Å²) >= 11 is 0. The zero-order valence-electron chi connectivity index (χ0n) is 78.8. The van der Waals surface area contributed by atoms with Gasteiger partial charge in [-0.3, -0.25) is 34.3 Å². The van der Waals surface area contributed by atoms with E-state index in [0.29, 0.717) is 89.0 Å². The van der Waals surface area contributed by atoms with Crippen LogP contribution in [-0.4, -0.2) is 196 Å². The molecule has 0 radical (unpaired) electrons. The largest absolute Gasteiger partial charge is 0.494 e. The van der Waals surface area contributed by atoms with Gasteiger partial charge in [0.1, 0.15) is 63.3 Å². The van der Waals surface area contributed by atoms with Crippen molar-refractivity contribution in [3.8, 4) is 34.8 Å². The topological polar surface area (TPSA) is 266 Å². The van der Waals surface area contributed by atoms with Crippen LogP contribution in [0.1, 0.15) is 174 Å². The van der Waals surface area contributed by atoms with E-state index in [2.05, 4.69) is 190 Å². The van der Waals surface area contributed by atoms with Gasteiger partial charge in [-0.1, -0.05) is 60.7 Å². The fourth-order valence-corrected chi connectivity index (χ4v) is 21.0. The van der Waals surface area contributed by atoms with Crippen molar-refractivity contribution < 1.29 is 33.2 Å². The van der Waals surface area contributed by atoms with Gasteiger partial charge in [0.2, 0.25) is 0 Å². The van der Waals surface area contributed by atoms with Crippen LogP contribution < -0.4 is 48.2 Å². The summed E-state index contributed by atoms with van der Waals surface area (Å²) in [5.74, 6) is 9.45. The van der Waals surface area contributed by atoms with E-state index in [1.54, 1.807) is 0 Å². The van der Waals surface area contributed by atoms with E-state index >= 15 is 0 Å².